The number of hydrogen-bond donors (Lipinski definition) is 0. The Labute approximate surface area is 326 Å². The summed E-state index contributed by atoms with van der Waals surface area (Å²) < 4.78 is 5.24. The van der Waals surface area contributed by atoms with E-state index in [0.29, 0.717) is 0 Å². The average molecular weight is 719 g/mol. The van der Waals surface area contributed by atoms with Crippen LogP contribution in [0.2, 0.25) is 0 Å². The molecular weight excluding hydrogens is 669 g/mol. The van der Waals surface area contributed by atoms with Crippen molar-refractivity contribution in [3.05, 3.63) is 192 Å². The Morgan fingerprint density at radius 3 is 1.18 bits per heavy atom. The van der Waals surface area contributed by atoms with Crippen molar-refractivity contribution in [2.24, 2.45) is 9.98 Å². The van der Waals surface area contributed by atoms with Crippen LogP contribution in [0.4, 0.5) is 22.7 Å². The minimum absolute atomic E-state index is 0.166. The van der Waals surface area contributed by atoms with Crippen LogP contribution in [0, 0.1) is 0 Å². The van der Waals surface area contributed by atoms with Crippen LogP contribution in [0.3, 0.4) is 0 Å². The molecule has 2 unspecified atom stereocenters. The molecule has 0 amide bonds. The number of hydrogen-bond acceptors (Lipinski definition) is 2. The molecular formula is C51H50N4+2. The number of aliphatic imine (C=N–C) groups is 2. The molecule has 0 N–H and O–H groups in total. The molecule has 4 nitrogen and oxygen atoms in total. The van der Waals surface area contributed by atoms with E-state index in [9.17, 15) is 0 Å². The van der Waals surface area contributed by atoms with Crippen molar-refractivity contribution in [3.63, 3.8) is 0 Å². The van der Waals surface area contributed by atoms with Gasteiger partial charge in [0.1, 0.15) is 0 Å². The Morgan fingerprint density at radius 1 is 0.436 bits per heavy atom. The third-order valence-electron chi connectivity index (χ3n) is 11.6. The van der Waals surface area contributed by atoms with E-state index in [0.717, 1.165) is 56.6 Å². The summed E-state index contributed by atoms with van der Waals surface area (Å²) in [5.74, 6) is 0. The number of nitrogens with zero attached hydrogens (tertiary/aromatic N) is 4. The molecule has 2 aliphatic heterocycles. The third kappa shape index (κ3) is 7.55. The number of para-hydroxylation sites is 4. The Bertz CT molecular complexity index is 2190. The van der Waals surface area contributed by atoms with Crippen molar-refractivity contribution in [2.75, 3.05) is 13.1 Å². The largest absolute Gasteiger partial charge is 0.261 e. The van der Waals surface area contributed by atoms with Crippen LogP contribution in [-0.2, 0) is 23.7 Å². The second kappa shape index (κ2) is 16.2. The first kappa shape index (κ1) is 36.0. The lowest BCUT2D eigenvalue weighted by molar-refractivity contribution is -0.471. The van der Waals surface area contributed by atoms with Crippen molar-refractivity contribution >= 4 is 46.6 Å². The van der Waals surface area contributed by atoms with Crippen LogP contribution in [0.5, 0.6) is 0 Å². The highest BCUT2D eigenvalue weighted by Crippen LogP contribution is 2.45. The van der Waals surface area contributed by atoms with E-state index in [-0.39, 0.29) is 10.8 Å². The molecule has 0 aliphatic carbocycles. The molecule has 8 rings (SSSR count). The molecule has 272 valence electrons. The monoisotopic (exact) mass is 718 g/mol. The Hall–Kier alpha value is -6.00. The van der Waals surface area contributed by atoms with Gasteiger partial charge in [-0.3, -0.25) is 9.98 Å². The van der Waals surface area contributed by atoms with Gasteiger partial charge in [-0.2, -0.15) is 9.15 Å². The summed E-state index contributed by atoms with van der Waals surface area (Å²) >= 11 is 0. The Kier molecular flexibility index (Phi) is 10.6. The van der Waals surface area contributed by atoms with Crippen LogP contribution < -0.4 is 0 Å². The van der Waals surface area contributed by atoms with E-state index in [1.165, 1.54) is 45.1 Å². The minimum Gasteiger partial charge on any atom is -0.261 e. The molecule has 2 heterocycles. The van der Waals surface area contributed by atoms with Crippen LogP contribution in [0.1, 0.15) is 55.4 Å². The summed E-state index contributed by atoms with van der Waals surface area (Å²) in [5.41, 5.74) is 12.6. The van der Waals surface area contributed by atoms with E-state index in [4.69, 9.17) is 9.98 Å². The zero-order valence-electron chi connectivity index (χ0n) is 32.1. The fourth-order valence-electron chi connectivity index (χ4n) is 9.02. The molecule has 0 fully saturated rings. The van der Waals surface area contributed by atoms with Crippen molar-refractivity contribution < 1.29 is 9.15 Å². The van der Waals surface area contributed by atoms with Crippen LogP contribution in [0.15, 0.2) is 180 Å². The maximum atomic E-state index is 4.92. The average Bonchev–Trinajstić information content (AvgIpc) is 3.59. The summed E-state index contributed by atoms with van der Waals surface area (Å²) in [7, 11) is 0. The first-order valence-corrected chi connectivity index (χ1v) is 19.7. The lowest BCUT2D eigenvalue weighted by Crippen LogP contribution is -2.36. The third-order valence-corrected chi connectivity index (χ3v) is 11.6. The van der Waals surface area contributed by atoms with Crippen LogP contribution in [-0.4, -0.2) is 46.1 Å². The molecule has 6 aromatic carbocycles. The molecule has 0 saturated heterocycles. The van der Waals surface area contributed by atoms with Gasteiger partial charge in [0, 0.05) is 35.7 Å². The summed E-state index contributed by atoms with van der Waals surface area (Å²) in [6.07, 6.45) is 8.67. The summed E-state index contributed by atoms with van der Waals surface area (Å²) in [6.45, 7) is 6.70. The van der Waals surface area contributed by atoms with Crippen molar-refractivity contribution in [2.45, 2.75) is 56.8 Å². The maximum Gasteiger partial charge on any atom is 0.209 e. The first-order valence-electron chi connectivity index (χ1n) is 19.7. The fourth-order valence-corrected chi connectivity index (χ4v) is 9.02. The van der Waals surface area contributed by atoms with Crippen molar-refractivity contribution in [3.8, 4) is 0 Å². The lowest BCUT2D eigenvalue weighted by Gasteiger charge is -2.23. The van der Waals surface area contributed by atoms with Crippen LogP contribution in [0.25, 0.3) is 0 Å². The molecule has 0 radical (unpaired) electrons. The van der Waals surface area contributed by atoms with E-state index in [1.807, 2.05) is 12.1 Å². The molecule has 2 atom stereocenters. The van der Waals surface area contributed by atoms with Crippen LogP contribution >= 0.6 is 0 Å². The molecule has 2 aliphatic rings. The van der Waals surface area contributed by atoms with E-state index in [2.05, 4.69) is 193 Å². The Balaban J connectivity index is 1.16. The van der Waals surface area contributed by atoms with E-state index < -0.39 is 0 Å². The highest BCUT2D eigenvalue weighted by Gasteiger charge is 2.50. The summed E-state index contributed by atoms with van der Waals surface area (Å²) in [5, 5.41) is 0. The molecule has 55 heavy (non-hydrogen) atoms. The first-order chi connectivity index (χ1) is 27.0. The molecule has 6 aromatic rings. The fraction of sp³-hybridized carbons (Fsp3) is 0.216. The van der Waals surface area contributed by atoms with Crippen molar-refractivity contribution in [1.82, 2.24) is 0 Å². The molecule has 0 spiro atoms. The number of rotatable bonds is 14. The maximum absolute atomic E-state index is 4.92. The molecule has 0 aromatic heterocycles. The Morgan fingerprint density at radius 2 is 0.782 bits per heavy atom. The SMILES string of the molecule is CC1(Cc2ccccc2)C(CC=Nc2ccccc2)=[N+](CCC[N+]2=C(CC=Nc3ccccc3)C(C)(Cc3ccccc3)c3ccccc32)c2ccccc21. The topological polar surface area (TPSA) is 30.7 Å². The van der Waals surface area contributed by atoms with Gasteiger partial charge in [0.2, 0.25) is 11.4 Å². The normalized spacial score (nSPS) is 19.1. The quantitative estimate of drug-likeness (QED) is 0.0793. The van der Waals surface area contributed by atoms with E-state index in [1.54, 1.807) is 0 Å². The zero-order valence-corrected chi connectivity index (χ0v) is 32.1. The predicted octanol–water partition coefficient (Wildman–Crippen LogP) is 11.6. The highest BCUT2D eigenvalue weighted by molar-refractivity contribution is 6.04. The van der Waals surface area contributed by atoms with Crippen molar-refractivity contribution in [1.29, 1.82) is 0 Å². The van der Waals surface area contributed by atoms with Gasteiger partial charge in [-0.15, -0.1) is 0 Å². The summed E-state index contributed by atoms with van der Waals surface area (Å²) in [4.78, 5) is 9.84. The second-order valence-electron chi connectivity index (χ2n) is 15.3. The predicted molar refractivity (Wildman–Crippen MR) is 231 cm³/mol. The van der Waals surface area contributed by atoms with Gasteiger partial charge in [0.15, 0.2) is 24.5 Å². The highest BCUT2D eigenvalue weighted by atomic mass is 15.1. The smallest absolute Gasteiger partial charge is 0.209 e. The van der Waals surface area contributed by atoms with Gasteiger partial charge < -0.3 is 0 Å². The number of benzene rings is 6. The van der Waals surface area contributed by atoms with Gasteiger partial charge in [0.05, 0.1) is 41.5 Å². The minimum atomic E-state index is -0.166. The molecule has 0 bridgehead atoms. The van der Waals surface area contributed by atoms with Gasteiger partial charge >= 0.3 is 0 Å². The second-order valence-corrected chi connectivity index (χ2v) is 15.3. The van der Waals surface area contributed by atoms with Gasteiger partial charge in [0.25, 0.3) is 0 Å². The lowest BCUT2D eigenvalue weighted by atomic mass is 9.74. The summed E-state index contributed by atoms with van der Waals surface area (Å²) in [6, 6.07) is 60.6. The van der Waals surface area contributed by atoms with E-state index >= 15 is 0 Å². The van der Waals surface area contributed by atoms with Gasteiger partial charge in [-0.1, -0.05) is 133 Å². The molecule has 4 heteroatoms. The van der Waals surface area contributed by atoms with Gasteiger partial charge in [-0.05, 0) is 62.1 Å². The standard InChI is InChI=1S/C51H50N4/c1-50(38-40-20-7-3-8-21-40)44-28-15-17-30-46(44)54(48(50)32-34-52-42-24-11-5-12-25-42)36-19-37-55-47-31-18-16-29-45(47)51(2,39-41-22-9-4-10-23-41)49(55)33-35-53-43-26-13-6-14-27-43/h3-18,20-31,34-35H,19,32-33,36-39H2,1-2H3/q+2. The molecule has 0 saturated carbocycles. The van der Waals surface area contributed by atoms with Gasteiger partial charge in [-0.25, -0.2) is 0 Å². The zero-order chi connectivity index (χ0) is 37.5. The number of fused-ring (bicyclic) bond motifs is 2.